The number of hydrogen-bond acceptors (Lipinski definition) is 1. The summed E-state index contributed by atoms with van der Waals surface area (Å²) in [4.78, 5) is 11.1. The van der Waals surface area contributed by atoms with E-state index in [-0.39, 0.29) is 11.8 Å². The molecule has 1 N–H and O–H groups in total. The van der Waals surface area contributed by atoms with Crippen LogP contribution in [0.1, 0.15) is 40.5 Å². The van der Waals surface area contributed by atoms with Crippen LogP contribution in [0.25, 0.3) is 0 Å². The first-order chi connectivity index (χ1) is 6.54. The number of hydrogen-bond donors (Lipinski definition) is 1. The largest absolute Gasteiger partial charge is 0.356 e. The van der Waals surface area contributed by atoms with Crippen LogP contribution in [0, 0.1) is 11.8 Å². The van der Waals surface area contributed by atoms with Gasteiger partial charge in [-0.1, -0.05) is 39.8 Å². The minimum Gasteiger partial charge on any atom is -0.356 e. The van der Waals surface area contributed by atoms with Gasteiger partial charge >= 0.3 is 0 Å². The molecule has 0 aliphatic rings. The molecule has 0 aromatic rings. The summed E-state index contributed by atoms with van der Waals surface area (Å²) in [5.74, 6) is 0.952. The van der Waals surface area contributed by atoms with Gasteiger partial charge in [-0.25, -0.2) is 0 Å². The first-order valence-electron chi connectivity index (χ1n) is 5.46. The van der Waals surface area contributed by atoms with Crippen LogP contribution in [0.4, 0.5) is 0 Å². The zero-order chi connectivity index (χ0) is 11.0. The fourth-order valence-corrected chi connectivity index (χ4v) is 0.969. The number of amides is 1. The molecule has 0 saturated heterocycles. The molecule has 2 nitrogen and oxygen atoms in total. The van der Waals surface area contributed by atoms with Crippen molar-refractivity contribution >= 4 is 5.91 Å². The van der Waals surface area contributed by atoms with Gasteiger partial charge in [0.15, 0.2) is 0 Å². The van der Waals surface area contributed by atoms with E-state index in [0.29, 0.717) is 0 Å². The van der Waals surface area contributed by atoms with Gasteiger partial charge in [0, 0.05) is 12.5 Å². The van der Waals surface area contributed by atoms with Gasteiger partial charge in [-0.15, -0.1) is 0 Å². The van der Waals surface area contributed by atoms with E-state index >= 15 is 0 Å². The van der Waals surface area contributed by atoms with Gasteiger partial charge < -0.3 is 5.32 Å². The molecule has 0 aliphatic heterocycles. The van der Waals surface area contributed by atoms with Gasteiger partial charge in [-0.3, -0.25) is 4.79 Å². The molecule has 0 radical (unpaired) electrons. The first kappa shape index (κ1) is 13.2. The lowest BCUT2D eigenvalue weighted by Crippen LogP contribution is -2.28. The zero-order valence-corrected chi connectivity index (χ0v) is 9.84. The van der Waals surface area contributed by atoms with Crippen LogP contribution < -0.4 is 5.32 Å². The number of rotatable bonds is 6. The van der Waals surface area contributed by atoms with E-state index in [4.69, 9.17) is 0 Å². The van der Waals surface area contributed by atoms with Crippen LogP contribution in [0.15, 0.2) is 12.2 Å². The SMILES string of the molecule is CC(C)C/C=C/CCNC(=O)C(C)C. The van der Waals surface area contributed by atoms with Crippen molar-refractivity contribution in [2.75, 3.05) is 6.54 Å². The first-order valence-corrected chi connectivity index (χ1v) is 5.46. The minimum absolute atomic E-state index is 0.0923. The van der Waals surface area contributed by atoms with E-state index in [1.165, 1.54) is 0 Å². The summed E-state index contributed by atoms with van der Waals surface area (Å²) in [7, 11) is 0. The van der Waals surface area contributed by atoms with Crippen LogP contribution in [0.5, 0.6) is 0 Å². The Bertz CT molecular complexity index is 183. The second kappa shape index (κ2) is 7.60. The highest BCUT2D eigenvalue weighted by atomic mass is 16.1. The Balaban J connectivity index is 3.38. The topological polar surface area (TPSA) is 29.1 Å². The highest BCUT2D eigenvalue weighted by Gasteiger charge is 2.03. The van der Waals surface area contributed by atoms with Gasteiger partial charge in [0.2, 0.25) is 5.91 Å². The maximum atomic E-state index is 11.1. The molecule has 0 bridgehead atoms. The van der Waals surface area contributed by atoms with Gasteiger partial charge in [0.05, 0.1) is 0 Å². The second-order valence-corrected chi connectivity index (χ2v) is 4.34. The minimum atomic E-state index is 0.0923. The monoisotopic (exact) mass is 197 g/mol. The van der Waals surface area contributed by atoms with Crippen LogP contribution in [0.3, 0.4) is 0 Å². The predicted octanol–water partition coefficient (Wildman–Crippen LogP) is 2.75. The normalized spacial score (nSPS) is 11.6. The summed E-state index contributed by atoms with van der Waals surface area (Å²) in [5.41, 5.74) is 0. The van der Waals surface area contributed by atoms with Crippen LogP contribution in [-0.4, -0.2) is 12.5 Å². The number of carbonyl (C=O) groups is 1. The Labute approximate surface area is 87.8 Å². The van der Waals surface area contributed by atoms with E-state index in [1.54, 1.807) is 0 Å². The lowest BCUT2D eigenvalue weighted by molar-refractivity contribution is -0.123. The number of nitrogens with one attached hydrogen (secondary N) is 1. The molecule has 0 heterocycles. The average molecular weight is 197 g/mol. The molecule has 0 aromatic carbocycles. The molecule has 0 aliphatic carbocycles. The quantitative estimate of drug-likeness (QED) is 0.515. The molecule has 0 unspecified atom stereocenters. The Morgan fingerprint density at radius 1 is 1.21 bits per heavy atom. The van der Waals surface area contributed by atoms with Crippen LogP contribution in [0.2, 0.25) is 0 Å². The molecule has 0 aromatic heterocycles. The molecule has 1 amide bonds. The summed E-state index contributed by atoms with van der Waals surface area (Å²) in [5, 5.41) is 2.88. The summed E-state index contributed by atoms with van der Waals surface area (Å²) in [6, 6.07) is 0. The van der Waals surface area contributed by atoms with E-state index in [9.17, 15) is 4.79 Å². The van der Waals surface area contributed by atoms with E-state index in [2.05, 4.69) is 31.3 Å². The van der Waals surface area contributed by atoms with Gasteiger partial charge in [-0.2, -0.15) is 0 Å². The van der Waals surface area contributed by atoms with Crippen molar-refractivity contribution in [2.45, 2.75) is 40.5 Å². The Hall–Kier alpha value is -0.790. The second-order valence-electron chi connectivity index (χ2n) is 4.34. The Kier molecular flexibility index (Phi) is 7.17. The van der Waals surface area contributed by atoms with Gasteiger partial charge in [0.25, 0.3) is 0 Å². The summed E-state index contributed by atoms with van der Waals surface area (Å²) >= 11 is 0. The van der Waals surface area contributed by atoms with Crippen molar-refractivity contribution in [2.24, 2.45) is 11.8 Å². The molecule has 0 spiro atoms. The van der Waals surface area contributed by atoms with E-state index < -0.39 is 0 Å². The fraction of sp³-hybridized carbons (Fsp3) is 0.750. The molecule has 2 heteroatoms. The smallest absolute Gasteiger partial charge is 0.222 e. The van der Waals surface area contributed by atoms with Gasteiger partial charge in [-0.05, 0) is 18.8 Å². The molecule has 0 saturated carbocycles. The molecule has 0 atom stereocenters. The summed E-state index contributed by atoms with van der Waals surface area (Å²) in [6.45, 7) is 8.97. The predicted molar refractivity (Wildman–Crippen MR) is 61.1 cm³/mol. The van der Waals surface area contributed by atoms with Crippen molar-refractivity contribution in [3.8, 4) is 0 Å². The standard InChI is InChI=1S/C12H23NO/c1-10(2)8-6-5-7-9-13-12(14)11(3)4/h5-6,10-11H,7-9H2,1-4H3,(H,13,14)/b6-5+. The van der Waals surface area contributed by atoms with E-state index in [1.807, 2.05) is 13.8 Å². The van der Waals surface area contributed by atoms with Crippen LogP contribution in [-0.2, 0) is 4.79 Å². The molecular weight excluding hydrogens is 174 g/mol. The molecule has 82 valence electrons. The number of carbonyl (C=O) groups excluding carboxylic acids is 1. The maximum Gasteiger partial charge on any atom is 0.222 e. The Morgan fingerprint density at radius 2 is 1.86 bits per heavy atom. The molecule has 0 rings (SSSR count). The lowest BCUT2D eigenvalue weighted by Gasteiger charge is -2.05. The molecule has 14 heavy (non-hydrogen) atoms. The van der Waals surface area contributed by atoms with E-state index in [0.717, 1.165) is 25.3 Å². The molecular formula is C12H23NO. The van der Waals surface area contributed by atoms with Crippen molar-refractivity contribution < 1.29 is 4.79 Å². The third-order valence-electron chi connectivity index (χ3n) is 1.91. The van der Waals surface area contributed by atoms with Crippen molar-refractivity contribution in [3.05, 3.63) is 12.2 Å². The Morgan fingerprint density at radius 3 is 2.36 bits per heavy atom. The lowest BCUT2D eigenvalue weighted by atomic mass is 10.1. The number of allylic oxidation sites excluding steroid dienone is 1. The van der Waals surface area contributed by atoms with Crippen molar-refractivity contribution in [3.63, 3.8) is 0 Å². The summed E-state index contributed by atoms with van der Waals surface area (Å²) < 4.78 is 0. The maximum absolute atomic E-state index is 11.1. The van der Waals surface area contributed by atoms with Gasteiger partial charge in [0.1, 0.15) is 0 Å². The fourth-order valence-electron chi connectivity index (χ4n) is 0.969. The summed E-state index contributed by atoms with van der Waals surface area (Å²) in [6.07, 6.45) is 6.39. The highest BCUT2D eigenvalue weighted by Crippen LogP contribution is 2.00. The zero-order valence-electron chi connectivity index (χ0n) is 9.84. The third-order valence-corrected chi connectivity index (χ3v) is 1.91. The van der Waals surface area contributed by atoms with Crippen LogP contribution >= 0.6 is 0 Å². The van der Waals surface area contributed by atoms with Crippen molar-refractivity contribution in [1.29, 1.82) is 0 Å². The van der Waals surface area contributed by atoms with Crippen molar-refractivity contribution in [1.82, 2.24) is 5.32 Å². The molecule has 0 fully saturated rings. The highest BCUT2D eigenvalue weighted by molar-refractivity contribution is 5.77. The third kappa shape index (κ3) is 7.84. The average Bonchev–Trinajstić information content (AvgIpc) is 2.09.